The summed E-state index contributed by atoms with van der Waals surface area (Å²) >= 11 is 0. The van der Waals surface area contributed by atoms with Gasteiger partial charge in [0, 0.05) is 18.8 Å². The maximum atomic E-state index is 5.39. The van der Waals surface area contributed by atoms with Crippen molar-refractivity contribution in [2.45, 2.75) is 19.4 Å². The van der Waals surface area contributed by atoms with Gasteiger partial charge in [0.2, 0.25) is 0 Å². The number of hydrogen-bond donors (Lipinski definition) is 2. The lowest BCUT2D eigenvalue weighted by Gasteiger charge is -2.15. The fraction of sp³-hybridized carbons (Fsp3) is 0.300. The van der Waals surface area contributed by atoms with Gasteiger partial charge in [0.05, 0.1) is 6.04 Å². The van der Waals surface area contributed by atoms with Crippen LogP contribution in [0.5, 0.6) is 0 Å². The molecule has 0 aromatic carbocycles. The number of aromatic nitrogens is 1. The van der Waals surface area contributed by atoms with Crippen molar-refractivity contribution in [1.82, 2.24) is 10.4 Å². The minimum atomic E-state index is 0.0213. The van der Waals surface area contributed by atoms with Gasteiger partial charge in [0.15, 0.2) is 0 Å². The lowest BCUT2D eigenvalue weighted by Crippen LogP contribution is -2.28. The monoisotopic (exact) mass is 175 g/mol. The lowest BCUT2D eigenvalue weighted by molar-refractivity contribution is 0.564. The molecule has 0 aliphatic carbocycles. The number of aryl methyl sites for hydroxylation is 1. The molecule has 0 fully saturated rings. The highest BCUT2D eigenvalue weighted by Gasteiger charge is 2.09. The van der Waals surface area contributed by atoms with Crippen molar-refractivity contribution < 1.29 is 0 Å². The number of nitrogens with zero attached hydrogens (tertiary/aromatic N) is 1. The average Bonchev–Trinajstić information content (AvgIpc) is 2.16. The second kappa shape index (κ2) is 4.61. The first-order valence-electron chi connectivity index (χ1n) is 4.09. The molecule has 1 aromatic rings. The van der Waals surface area contributed by atoms with Crippen LogP contribution in [0.4, 0.5) is 0 Å². The smallest absolute Gasteiger partial charge is 0.0572 e. The van der Waals surface area contributed by atoms with E-state index in [0.717, 1.165) is 11.1 Å². The maximum Gasteiger partial charge on any atom is 0.0572 e. The van der Waals surface area contributed by atoms with E-state index in [1.807, 2.05) is 13.0 Å². The SMILES string of the molecule is C#CCC(NN)c1ccncc1C. The van der Waals surface area contributed by atoms with E-state index < -0.39 is 0 Å². The van der Waals surface area contributed by atoms with Gasteiger partial charge in [-0.1, -0.05) is 0 Å². The molecule has 1 aromatic heterocycles. The Kier molecular flexibility index (Phi) is 3.44. The number of rotatable bonds is 3. The molecule has 1 rings (SSSR count). The molecule has 0 saturated heterocycles. The Morgan fingerprint density at radius 2 is 2.54 bits per heavy atom. The van der Waals surface area contributed by atoms with Gasteiger partial charge in [-0.15, -0.1) is 12.3 Å². The van der Waals surface area contributed by atoms with Crippen molar-refractivity contribution in [3.8, 4) is 12.3 Å². The molecular formula is C10H13N3. The molecule has 0 spiro atoms. The number of hydrazine groups is 1. The van der Waals surface area contributed by atoms with E-state index in [0.29, 0.717) is 6.42 Å². The molecule has 68 valence electrons. The van der Waals surface area contributed by atoms with E-state index in [1.54, 1.807) is 12.4 Å². The van der Waals surface area contributed by atoms with Crippen molar-refractivity contribution in [2.24, 2.45) is 5.84 Å². The molecule has 0 amide bonds. The van der Waals surface area contributed by atoms with Crippen molar-refractivity contribution in [1.29, 1.82) is 0 Å². The molecule has 1 unspecified atom stereocenters. The van der Waals surface area contributed by atoms with Crippen LogP contribution >= 0.6 is 0 Å². The lowest BCUT2D eigenvalue weighted by atomic mass is 10.0. The molecule has 3 nitrogen and oxygen atoms in total. The van der Waals surface area contributed by atoms with E-state index in [9.17, 15) is 0 Å². The summed E-state index contributed by atoms with van der Waals surface area (Å²) in [5.74, 6) is 7.98. The van der Waals surface area contributed by atoms with Crippen molar-refractivity contribution >= 4 is 0 Å². The van der Waals surface area contributed by atoms with Crippen LogP contribution in [0.1, 0.15) is 23.6 Å². The summed E-state index contributed by atoms with van der Waals surface area (Å²) in [6, 6.07) is 1.95. The number of terminal acetylenes is 1. The summed E-state index contributed by atoms with van der Waals surface area (Å²) in [5.41, 5.74) is 4.89. The third kappa shape index (κ3) is 2.28. The largest absolute Gasteiger partial charge is 0.271 e. The fourth-order valence-corrected chi connectivity index (χ4v) is 1.25. The second-order valence-electron chi connectivity index (χ2n) is 2.86. The summed E-state index contributed by atoms with van der Waals surface area (Å²) in [6.07, 6.45) is 9.36. The fourth-order valence-electron chi connectivity index (χ4n) is 1.25. The first kappa shape index (κ1) is 9.72. The third-order valence-electron chi connectivity index (χ3n) is 1.96. The third-order valence-corrected chi connectivity index (χ3v) is 1.96. The Labute approximate surface area is 78.3 Å². The Bertz CT molecular complexity index is 314. The van der Waals surface area contributed by atoms with E-state index in [2.05, 4.69) is 16.3 Å². The zero-order valence-corrected chi connectivity index (χ0v) is 7.62. The van der Waals surface area contributed by atoms with Crippen molar-refractivity contribution in [2.75, 3.05) is 0 Å². The predicted molar refractivity (Wildman–Crippen MR) is 52.5 cm³/mol. The topological polar surface area (TPSA) is 50.9 Å². The Morgan fingerprint density at radius 3 is 3.08 bits per heavy atom. The van der Waals surface area contributed by atoms with Crippen LogP contribution < -0.4 is 11.3 Å². The van der Waals surface area contributed by atoms with Gasteiger partial charge in [-0.25, -0.2) is 0 Å². The quantitative estimate of drug-likeness (QED) is 0.408. The first-order valence-corrected chi connectivity index (χ1v) is 4.09. The normalized spacial score (nSPS) is 12.1. The molecule has 13 heavy (non-hydrogen) atoms. The summed E-state index contributed by atoms with van der Waals surface area (Å²) in [4.78, 5) is 4.00. The van der Waals surface area contributed by atoms with Crippen LogP contribution in [-0.4, -0.2) is 4.98 Å². The van der Waals surface area contributed by atoms with Crippen LogP contribution in [0, 0.1) is 19.3 Å². The maximum absolute atomic E-state index is 5.39. The highest BCUT2D eigenvalue weighted by molar-refractivity contribution is 5.26. The molecule has 3 N–H and O–H groups in total. The Balaban J connectivity index is 2.92. The first-order chi connectivity index (χ1) is 6.29. The molecule has 0 saturated carbocycles. The highest BCUT2D eigenvalue weighted by atomic mass is 15.2. The van der Waals surface area contributed by atoms with E-state index in [1.165, 1.54) is 0 Å². The van der Waals surface area contributed by atoms with Gasteiger partial charge < -0.3 is 0 Å². The Morgan fingerprint density at radius 1 is 1.77 bits per heavy atom. The van der Waals surface area contributed by atoms with Crippen LogP contribution in [0.15, 0.2) is 18.5 Å². The summed E-state index contributed by atoms with van der Waals surface area (Å²) in [6.45, 7) is 1.99. The van der Waals surface area contributed by atoms with Crippen LogP contribution in [-0.2, 0) is 0 Å². The summed E-state index contributed by atoms with van der Waals surface area (Å²) in [7, 11) is 0. The van der Waals surface area contributed by atoms with Crippen molar-refractivity contribution in [3.05, 3.63) is 29.6 Å². The van der Waals surface area contributed by atoms with Crippen molar-refractivity contribution in [3.63, 3.8) is 0 Å². The zero-order chi connectivity index (χ0) is 9.68. The predicted octanol–water partition coefficient (Wildman–Crippen LogP) is 0.918. The highest BCUT2D eigenvalue weighted by Crippen LogP contribution is 2.17. The molecule has 0 aliphatic heterocycles. The van der Waals surface area contributed by atoms with Crippen LogP contribution in [0.25, 0.3) is 0 Å². The summed E-state index contributed by atoms with van der Waals surface area (Å²) in [5, 5.41) is 0. The number of nitrogens with two attached hydrogens (primary N) is 1. The molecule has 1 atom stereocenters. The second-order valence-corrected chi connectivity index (χ2v) is 2.86. The molecule has 0 bridgehead atoms. The Hall–Kier alpha value is -1.37. The van der Waals surface area contributed by atoms with E-state index in [-0.39, 0.29) is 6.04 Å². The van der Waals surface area contributed by atoms with Gasteiger partial charge in [-0.05, 0) is 24.1 Å². The van der Waals surface area contributed by atoms with E-state index >= 15 is 0 Å². The van der Waals surface area contributed by atoms with Crippen LogP contribution in [0.2, 0.25) is 0 Å². The standard InChI is InChI=1S/C10H13N3/c1-3-4-10(13-11)9-5-6-12-7-8(9)2/h1,5-7,10,13H,4,11H2,2H3. The molecule has 3 heteroatoms. The van der Waals surface area contributed by atoms with Gasteiger partial charge in [0.1, 0.15) is 0 Å². The van der Waals surface area contributed by atoms with Crippen LogP contribution in [0.3, 0.4) is 0 Å². The number of pyridine rings is 1. The van der Waals surface area contributed by atoms with Gasteiger partial charge in [-0.3, -0.25) is 16.3 Å². The molecule has 0 aliphatic rings. The summed E-state index contributed by atoms with van der Waals surface area (Å²) < 4.78 is 0. The number of hydrogen-bond acceptors (Lipinski definition) is 3. The average molecular weight is 175 g/mol. The zero-order valence-electron chi connectivity index (χ0n) is 7.62. The van der Waals surface area contributed by atoms with E-state index in [4.69, 9.17) is 12.3 Å². The van der Waals surface area contributed by atoms with Gasteiger partial charge in [0.25, 0.3) is 0 Å². The number of nitrogens with one attached hydrogen (secondary N) is 1. The molecule has 0 radical (unpaired) electrons. The molecular weight excluding hydrogens is 162 g/mol. The van der Waals surface area contributed by atoms with Gasteiger partial charge in [-0.2, -0.15) is 0 Å². The molecule has 1 heterocycles. The minimum Gasteiger partial charge on any atom is -0.271 e. The minimum absolute atomic E-state index is 0.0213. The van der Waals surface area contributed by atoms with Gasteiger partial charge >= 0.3 is 0 Å².